The Morgan fingerprint density at radius 3 is 2.29 bits per heavy atom. The number of hydrogen-bond donors (Lipinski definition) is 0. The van der Waals surface area contributed by atoms with Crippen LogP contribution >= 0.6 is 0 Å². The molecule has 0 atom stereocenters. The van der Waals surface area contributed by atoms with Crippen LogP contribution in [0.5, 0.6) is 11.5 Å². The maximum Gasteiger partial charge on any atom is 0.137 e. The van der Waals surface area contributed by atoms with Crippen LogP contribution in [0.1, 0.15) is 68.6 Å². The van der Waals surface area contributed by atoms with E-state index in [2.05, 4.69) is 149 Å². The summed E-state index contributed by atoms with van der Waals surface area (Å²) in [4.78, 5) is 4.82. The van der Waals surface area contributed by atoms with Crippen molar-refractivity contribution in [3.8, 4) is 34.1 Å². The molecular weight excluding hydrogens is 601 g/mol. The summed E-state index contributed by atoms with van der Waals surface area (Å²) >= 11 is 0. The van der Waals surface area contributed by atoms with Gasteiger partial charge in [-0.2, -0.15) is 5.10 Å². The molecule has 49 heavy (non-hydrogen) atoms. The van der Waals surface area contributed by atoms with E-state index in [1.165, 1.54) is 38.6 Å². The van der Waals surface area contributed by atoms with Crippen LogP contribution in [0.25, 0.3) is 44.4 Å². The van der Waals surface area contributed by atoms with E-state index in [0.717, 1.165) is 71.1 Å². The SMILES string of the molecule is CCCc1cc(Oc2ccc3c4cc(CCC(C)(C)C)ccc4n(-c4cc(C)ccn4)c3c2)cc(-n2nc(C)c(-c3ccccc3)c2C)c1. The van der Waals surface area contributed by atoms with Crippen molar-refractivity contribution in [3.05, 3.63) is 131 Å². The fraction of sp³-hybridized carbons (Fsp3) is 0.273. The van der Waals surface area contributed by atoms with Crippen molar-refractivity contribution in [2.24, 2.45) is 5.41 Å². The van der Waals surface area contributed by atoms with Crippen LogP contribution in [0, 0.1) is 26.2 Å². The molecule has 7 aromatic rings. The maximum absolute atomic E-state index is 6.73. The van der Waals surface area contributed by atoms with Crippen LogP contribution < -0.4 is 4.74 Å². The summed E-state index contributed by atoms with van der Waals surface area (Å²) < 4.78 is 11.1. The highest BCUT2D eigenvalue weighted by Crippen LogP contribution is 2.37. The van der Waals surface area contributed by atoms with E-state index in [0.29, 0.717) is 0 Å². The molecule has 0 radical (unpaired) electrons. The average molecular weight is 647 g/mol. The lowest BCUT2D eigenvalue weighted by molar-refractivity contribution is 0.378. The van der Waals surface area contributed by atoms with E-state index in [1.54, 1.807) is 0 Å². The number of benzene rings is 4. The quantitative estimate of drug-likeness (QED) is 0.157. The van der Waals surface area contributed by atoms with Crippen LogP contribution in [-0.2, 0) is 12.8 Å². The summed E-state index contributed by atoms with van der Waals surface area (Å²) in [6.07, 6.45) is 6.08. The molecule has 3 aromatic heterocycles. The molecular formula is C44H46N4O. The minimum Gasteiger partial charge on any atom is -0.457 e. The average Bonchev–Trinajstić information content (AvgIpc) is 3.56. The Morgan fingerprint density at radius 1 is 0.714 bits per heavy atom. The number of rotatable bonds is 9. The summed E-state index contributed by atoms with van der Waals surface area (Å²) in [5.41, 5.74) is 11.8. The Bertz CT molecular complexity index is 2280. The van der Waals surface area contributed by atoms with Gasteiger partial charge in [-0.05, 0) is 116 Å². The number of ether oxygens (including phenoxy) is 1. The van der Waals surface area contributed by atoms with Crippen LogP contribution in [-0.4, -0.2) is 19.3 Å². The van der Waals surface area contributed by atoms with Crippen LogP contribution in [0.2, 0.25) is 0 Å². The van der Waals surface area contributed by atoms with Crippen LogP contribution in [0.15, 0.2) is 103 Å². The number of aryl methyl sites for hydroxylation is 4. The summed E-state index contributed by atoms with van der Waals surface area (Å²) in [6.45, 7) is 15.5. The van der Waals surface area contributed by atoms with Crippen molar-refractivity contribution >= 4 is 21.8 Å². The van der Waals surface area contributed by atoms with E-state index in [1.807, 2.05) is 12.3 Å². The Kier molecular flexibility index (Phi) is 8.62. The Morgan fingerprint density at radius 2 is 1.53 bits per heavy atom. The van der Waals surface area contributed by atoms with Gasteiger partial charge in [0.15, 0.2) is 0 Å². The lowest BCUT2D eigenvalue weighted by Gasteiger charge is -2.17. The summed E-state index contributed by atoms with van der Waals surface area (Å²) in [5, 5.41) is 7.44. The Labute approximate surface area is 290 Å². The van der Waals surface area contributed by atoms with Crippen LogP contribution in [0.3, 0.4) is 0 Å². The molecule has 3 heterocycles. The number of hydrogen-bond acceptors (Lipinski definition) is 3. The normalized spacial score (nSPS) is 11.9. The van der Waals surface area contributed by atoms with E-state index >= 15 is 0 Å². The highest BCUT2D eigenvalue weighted by atomic mass is 16.5. The summed E-state index contributed by atoms with van der Waals surface area (Å²) in [5.74, 6) is 2.50. The van der Waals surface area contributed by atoms with Crippen molar-refractivity contribution in [3.63, 3.8) is 0 Å². The van der Waals surface area contributed by atoms with Gasteiger partial charge in [0.25, 0.3) is 0 Å². The largest absolute Gasteiger partial charge is 0.457 e. The molecule has 4 aromatic carbocycles. The number of aromatic nitrogens is 4. The van der Waals surface area contributed by atoms with Crippen molar-refractivity contribution in [1.82, 2.24) is 19.3 Å². The highest BCUT2D eigenvalue weighted by Gasteiger charge is 2.18. The minimum atomic E-state index is 0.286. The van der Waals surface area contributed by atoms with Crippen molar-refractivity contribution < 1.29 is 4.74 Å². The first-order valence-corrected chi connectivity index (χ1v) is 17.5. The number of nitrogens with zero attached hydrogens (tertiary/aromatic N) is 4. The van der Waals surface area contributed by atoms with Crippen molar-refractivity contribution in [2.45, 2.75) is 74.1 Å². The lowest BCUT2D eigenvalue weighted by atomic mass is 9.88. The molecule has 0 bridgehead atoms. The zero-order chi connectivity index (χ0) is 34.3. The predicted octanol–water partition coefficient (Wildman–Crippen LogP) is 11.7. The number of fused-ring (bicyclic) bond motifs is 3. The molecule has 7 rings (SSSR count). The smallest absolute Gasteiger partial charge is 0.137 e. The zero-order valence-corrected chi connectivity index (χ0v) is 29.8. The number of pyridine rings is 1. The van der Waals surface area contributed by atoms with Crippen molar-refractivity contribution in [1.29, 1.82) is 0 Å². The molecule has 0 aliphatic rings. The van der Waals surface area contributed by atoms with E-state index < -0.39 is 0 Å². The molecule has 0 saturated heterocycles. The van der Waals surface area contributed by atoms with Gasteiger partial charge in [0.2, 0.25) is 0 Å². The first-order chi connectivity index (χ1) is 23.6. The predicted molar refractivity (Wildman–Crippen MR) is 204 cm³/mol. The van der Waals surface area contributed by atoms with Gasteiger partial charge >= 0.3 is 0 Å². The second-order valence-corrected chi connectivity index (χ2v) is 14.6. The zero-order valence-electron chi connectivity index (χ0n) is 29.8. The topological polar surface area (TPSA) is 44.9 Å². The van der Waals surface area contributed by atoms with E-state index in [9.17, 15) is 0 Å². The van der Waals surface area contributed by atoms with Crippen LogP contribution in [0.4, 0.5) is 0 Å². The van der Waals surface area contributed by atoms with Gasteiger partial charge in [-0.25, -0.2) is 9.67 Å². The standard InChI is InChI=1S/C44H46N4O/c1-8-12-33-24-35(48-31(4)43(30(3)46-48)34-13-10-9-11-14-34)27-37(25-33)49-36-16-17-38-39-26-32(19-21-44(5,6)7)15-18-40(39)47(41(38)28-36)42-23-29(2)20-22-45-42/h9-11,13-18,20,22-28H,8,12,19,21H2,1-7H3. The van der Waals surface area contributed by atoms with Gasteiger partial charge < -0.3 is 4.74 Å². The van der Waals surface area contributed by atoms with Gasteiger partial charge in [-0.3, -0.25) is 4.57 Å². The van der Waals surface area contributed by atoms with Crippen molar-refractivity contribution in [2.75, 3.05) is 0 Å². The first-order valence-electron chi connectivity index (χ1n) is 17.5. The third kappa shape index (κ3) is 6.63. The second kappa shape index (κ2) is 13.0. The van der Waals surface area contributed by atoms with Gasteiger partial charge in [0.1, 0.15) is 17.3 Å². The Hall–Kier alpha value is -5.16. The molecule has 0 aliphatic carbocycles. The van der Waals surface area contributed by atoms with Gasteiger partial charge in [0.05, 0.1) is 22.4 Å². The third-order valence-electron chi connectivity index (χ3n) is 9.42. The molecule has 0 saturated carbocycles. The maximum atomic E-state index is 6.73. The fourth-order valence-corrected chi connectivity index (χ4v) is 6.99. The second-order valence-electron chi connectivity index (χ2n) is 14.6. The highest BCUT2D eigenvalue weighted by molar-refractivity contribution is 6.09. The molecule has 0 amide bonds. The first kappa shape index (κ1) is 32.4. The Balaban J connectivity index is 1.32. The third-order valence-corrected chi connectivity index (χ3v) is 9.42. The summed E-state index contributed by atoms with van der Waals surface area (Å²) in [6, 6.07) is 34.6. The molecule has 0 spiro atoms. The lowest BCUT2D eigenvalue weighted by Crippen LogP contribution is -2.06. The van der Waals surface area contributed by atoms with E-state index in [4.69, 9.17) is 14.8 Å². The molecule has 0 N–H and O–H groups in total. The molecule has 5 heteroatoms. The molecule has 0 aliphatic heterocycles. The van der Waals surface area contributed by atoms with Gasteiger partial charge in [0, 0.05) is 40.4 Å². The molecule has 248 valence electrons. The fourth-order valence-electron chi connectivity index (χ4n) is 6.99. The molecule has 0 unspecified atom stereocenters. The van der Waals surface area contributed by atoms with E-state index in [-0.39, 0.29) is 5.41 Å². The van der Waals surface area contributed by atoms with Gasteiger partial charge in [-0.15, -0.1) is 0 Å². The molecule has 0 fully saturated rings. The summed E-state index contributed by atoms with van der Waals surface area (Å²) in [7, 11) is 0. The minimum absolute atomic E-state index is 0.286. The molecule has 5 nitrogen and oxygen atoms in total. The van der Waals surface area contributed by atoms with Gasteiger partial charge in [-0.1, -0.05) is 70.5 Å². The monoisotopic (exact) mass is 646 g/mol.